The third kappa shape index (κ3) is 6.62. The lowest BCUT2D eigenvalue weighted by Crippen LogP contribution is -2.49. The first-order valence-corrected chi connectivity index (χ1v) is 15.3. The smallest absolute Gasteiger partial charge is 0.264 e. The lowest BCUT2D eigenvalue weighted by atomic mass is 10.0. The molecule has 43 heavy (non-hydrogen) atoms. The molecule has 0 saturated heterocycles. The Morgan fingerprint density at radius 2 is 1.51 bits per heavy atom. The molecule has 0 radical (unpaired) electrons. The molecule has 0 spiro atoms. The summed E-state index contributed by atoms with van der Waals surface area (Å²) in [6.07, 6.45) is 0.0824. The summed E-state index contributed by atoms with van der Waals surface area (Å²) in [5.74, 6) is -0.578. The van der Waals surface area contributed by atoms with Gasteiger partial charge in [-0.2, -0.15) is 0 Å². The number of sulfonamides is 1. The maximum Gasteiger partial charge on any atom is 0.264 e. The summed E-state index contributed by atoms with van der Waals surface area (Å²) in [5, 5.41) is 3.66. The molecule has 0 bridgehead atoms. The van der Waals surface area contributed by atoms with Crippen LogP contribution in [-0.4, -0.2) is 38.0 Å². The number of hydrogen-bond donors (Lipinski definition) is 2. The van der Waals surface area contributed by atoms with E-state index in [1.165, 1.54) is 12.1 Å². The first-order chi connectivity index (χ1) is 20.7. The number of hydrogen-bond acceptors (Lipinski definition) is 5. The van der Waals surface area contributed by atoms with E-state index in [1.807, 2.05) is 86.6 Å². The van der Waals surface area contributed by atoms with Crippen LogP contribution in [0.4, 0.5) is 0 Å². The van der Waals surface area contributed by atoms with E-state index in [1.54, 1.807) is 25.3 Å². The molecule has 1 heterocycles. The van der Waals surface area contributed by atoms with Crippen LogP contribution in [0.5, 0.6) is 5.75 Å². The van der Waals surface area contributed by atoms with Crippen molar-refractivity contribution in [1.82, 2.24) is 14.6 Å². The minimum absolute atomic E-state index is 0.0294. The van der Waals surface area contributed by atoms with Gasteiger partial charge in [0.05, 0.1) is 23.9 Å². The molecule has 4 aromatic carbocycles. The maximum atomic E-state index is 13.6. The number of ether oxygens (including phenoxy) is 1. The Balaban J connectivity index is 1.46. The third-order valence-corrected chi connectivity index (χ3v) is 8.76. The predicted octanol–water partition coefficient (Wildman–Crippen LogP) is 5.03. The first kappa shape index (κ1) is 29.6. The fraction of sp³-hybridized carbons (Fsp3) is 0.176. The number of methoxy groups -OCH3 is 1. The van der Waals surface area contributed by atoms with Crippen LogP contribution in [-0.2, 0) is 32.5 Å². The molecule has 8 nitrogen and oxygen atoms in total. The van der Waals surface area contributed by atoms with Crippen LogP contribution >= 0.6 is 0 Å². The Labute approximate surface area is 251 Å². The zero-order chi connectivity index (χ0) is 30.6. The molecule has 1 aromatic heterocycles. The molecule has 0 aliphatic heterocycles. The topological polar surface area (TPSA) is 106 Å². The van der Waals surface area contributed by atoms with Crippen molar-refractivity contribution in [3.63, 3.8) is 0 Å². The Morgan fingerprint density at radius 3 is 2.16 bits per heavy atom. The lowest BCUT2D eigenvalue weighted by Gasteiger charge is -2.19. The summed E-state index contributed by atoms with van der Waals surface area (Å²) in [5.41, 5.74) is 5.43. The number of aromatic nitrogens is 1. The standard InChI is InChI=1S/C34H33N3O5S/c1-23-14-16-26(17-15-23)37-24(2)29(30-21-27(42-3)18-19-32(30)37)22-33(38)35-31(20-25-10-6-4-7-11-25)34(39)36-43(40,41)28-12-8-5-9-13-28/h4-19,21,31H,20,22H2,1-3H3,(H,35,38)(H,36,39)/t31-/m0/s1. The van der Waals surface area contributed by atoms with Gasteiger partial charge >= 0.3 is 0 Å². The summed E-state index contributed by atoms with van der Waals surface area (Å²) < 4.78 is 35.6. The van der Waals surface area contributed by atoms with Crippen molar-refractivity contribution in [3.8, 4) is 11.4 Å². The van der Waals surface area contributed by atoms with Gasteiger partial charge in [-0.05, 0) is 67.4 Å². The van der Waals surface area contributed by atoms with Gasteiger partial charge in [-0.25, -0.2) is 13.1 Å². The molecule has 0 aliphatic carbocycles. The zero-order valence-electron chi connectivity index (χ0n) is 24.2. The minimum atomic E-state index is -4.13. The number of rotatable bonds is 10. The second-order valence-corrected chi connectivity index (χ2v) is 12.1. The van der Waals surface area contributed by atoms with Crippen LogP contribution < -0.4 is 14.8 Å². The van der Waals surface area contributed by atoms with Gasteiger partial charge in [0.25, 0.3) is 15.9 Å². The van der Waals surface area contributed by atoms with E-state index < -0.39 is 27.9 Å². The molecule has 0 aliphatic rings. The number of carbonyl (C=O) groups is 2. The second kappa shape index (κ2) is 12.5. The highest BCUT2D eigenvalue weighted by molar-refractivity contribution is 7.90. The number of benzene rings is 4. The highest BCUT2D eigenvalue weighted by atomic mass is 32.2. The Morgan fingerprint density at radius 1 is 0.860 bits per heavy atom. The van der Waals surface area contributed by atoms with Crippen molar-refractivity contribution in [3.05, 3.63) is 126 Å². The number of amides is 2. The van der Waals surface area contributed by atoms with E-state index in [4.69, 9.17) is 4.74 Å². The first-order valence-electron chi connectivity index (χ1n) is 13.9. The van der Waals surface area contributed by atoms with Gasteiger partial charge in [0.1, 0.15) is 11.8 Å². The highest BCUT2D eigenvalue weighted by Crippen LogP contribution is 2.32. The molecule has 220 valence electrons. The molecule has 5 aromatic rings. The molecular formula is C34H33N3O5S. The average Bonchev–Trinajstić information content (AvgIpc) is 3.27. The largest absolute Gasteiger partial charge is 0.497 e. The van der Waals surface area contributed by atoms with E-state index in [9.17, 15) is 18.0 Å². The van der Waals surface area contributed by atoms with Gasteiger partial charge < -0.3 is 14.6 Å². The van der Waals surface area contributed by atoms with Crippen molar-refractivity contribution >= 4 is 32.7 Å². The normalized spacial score (nSPS) is 12.1. The molecule has 2 amide bonds. The predicted molar refractivity (Wildman–Crippen MR) is 167 cm³/mol. The fourth-order valence-electron chi connectivity index (χ4n) is 5.17. The molecule has 9 heteroatoms. The quantitative estimate of drug-likeness (QED) is 0.236. The molecule has 2 N–H and O–H groups in total. The maximum absolute atomic E-state index is 13.6. The SMILES string of the molecule is COc1ccc2c(c1)c(CC(=O)N[C@@H](Cc1ccccc1)C(=O)NS(=O)(=O)c1ccccc1)c(C)n2-c1ccc(C)cc1. The minimum Gasteiger partial charge on any atom is -0.497 e. The van der Waals surface area contributed by atoms with Crippen molar-refractivity contribution in [2.75, 3.05) is 7.11 Å². The summed E-state index contributed by atoms with van der Waals surface area (Å²) >= 11 is 0. The lowest BCUT2D eigenvalue weighted by molar-refractivity contribution is -0.127. The third-order valence-electron chi connectivity index (χ3n) is 7.39. The number of nitrogens with one attached hydrogen (secondary N) is 2. The second-order valence-electron chi connectivity index (χ2n) is 10.4. The Kier molecular flexibility index (Phi) is 8.63. The van der Waals surface area contributed by atoms with Gasteiger partial charge in [0, 0.05) is 23.2 Å². The Hall–Kier alpha value is -4.89. The number of fused-ring (bicyclic) bond motifs is 1. The van der Waals surface area contributed by atoms with Crippen molar-refractivity contribution < 1.29 is 22.7 Å². The van der Waals surface area contributed by atoms with Gasteiger partial charge in [-0.1, -0.05) is 66.2 Å². The van der Waals surface area contributed by atoms with Crippen molar-refractivity contribution in [1.29, 1.82) is 0 Å². The molecule has 0 saturated carbocycles. The number of carbonyl (C=O) groups excluding carboxylic acids is 2. The van der Waals surface area contributed by atoms with E-state index in [-0.39, 0.29) is 17.7 Å². The summed E-state index contributed by atoms with van der Waals surface area (Å²) in [6, 6.07) is 29.5. The summed E-state index contributed by atoms with van der Waals surface area (Å²) in [6.45, 7) is 3.98. The summed E-state index contributed by atoms with van der Waals surface area (Å²) in [4.78, 5) is 27.0. The number of aryl methyl sites for hydroxylation is 1. The fourth-order valence-corrected chi connectivity index (χ4v) is 6.21. The summed E-state index contributed by atoms with van der Waals surface area (Å²) in [7, 11) is -2.54. The number of nitrogens with zero attached hydrogens (tertiary/aromatic N) is 1. The molecule has 1 atom stereocenters. The van der Waals surface area contributed by atoms with Crippen molar-refractivity contribution in [2.45, 2.75) is 37.6 Å². The molecule has 5 rings (SSSR count). The van der Waals surface area contributed by atoms with E-state index >= 15 is 0 Å². The van der Waals surface area contributed by atoms with Crippen LogP contribution in [0.1, 0.15) is 22.4 Å². The average molecular weight is 596 g/mol. The van der Waals surface area contributed by atoms with Gasteiger partial charge in [0.15, 0.2) is 0 Å². The van der Waals surface area contributed by atoms with Crippen LogP contribution in [0.3, 0.4) is 0 Å². The van der Waals surface area contributed by atoms with Crippen LogP contribution in [0, 0.1) is 13.8 Å². The van der Waals surface area contributed by atoms with Crippen LogP contribution in [0.15, 0.2) is 108 Å². The molecular weight excluding hydrogens is 562 g/mol. The van der Waals surface area contributed by atoms with Gasteiger partial charge in [-0.15, -0.1) is 0 Å². The van der Waals surface area contributed by atoms with Crippen LogP contribution in [0.25, 0.3) is 16.6 Å². The zero-order valence-corrected chi connectivity index (χ0v) is 25.0. The molecule has 0 unspecified atom stereocenters. The van der Waals surface area contributed by atoms with Crippen LogP contribution in [0.2, 0.25) is 0 Å². The monoisotopic (exact) mass is 595 g/mol. The van der Waals surface area contributed by atoms with E-state index in [2.05, 4.69) is 14.6 Å². The highest BCUT2D eigenvalue weighted by Gasteiger charge is 2.27. The van der Waals surface area contributed by atoms with Crippen molar-refractivity contribution in [2.24, 2.45) is 0 Å². The van der Waals surface area contributed by atoms with E-state index in [0.29, 0.717) is 5.75 Å². The van der Waals surface area contributed by atoms with Gasteiger partial charge in [-0.3, -0.25) is 9.59 Å². The molecule has 0 fully saturated rings. The van der Waals surface area contributed by atoms with Gasteiger partial charge in [0.2, 0.25) is 5.91 Å². The Bertz CT molecular complexity index is 1870. The van der Waals surface area contributed by atoms with E-state index in [0.717, 1.165) is 39.0 Å².